The summed E-state index contributed by atoms with van der Waals surface area (Å²) in [4.78, 5) is 29.2. The van der Waals surface area contributed by atoms with Crippen molar-refractivity contribution < 1.29 is 9.47 Å². The predicted molar refractivity (Wildman–Crippen MR) is 507 cm³/mol. The van der Waals surface area contributed by atoms with Crippen molar-refractivity contribution in [1.82, 2.24) is 53.9 Å². The lowest BCUT2D eigenvalue weighted by Gasteiger charge is -2.45. The van der Waals surface area contributed by atoms with Gasteiger partial charge in [0.25, 0.3) is 0 Å². The molecule has 1 saturated carbocycles. The Bertz CT molecular complexity index is 2230. The molecule has 13 nitrogen and oxygen atoms in total. The van der Waals surface area contributed by atoms with Gasteiger partial charge in [0.05, 0.1) is 24.0 Å². The zero-order chi connectivity index (χ0) is 87.0. The molecule has 0 radical (unpaired) electrons. The normalized spacial score (nSPS) is 24.2. The van der Waals surface area contributed by atoms with Crippen molar-refractivity contribution in [3.8, 4) is 0 Å². The van der Waals surface area contributed by atoms with Crippen LogP contribution in [0.1, 0.15) is 378 Å². The van der Waals surface area contributed by atoms with Crippen molar-refractivity contribution in [3.05, 3.63) is 0 Å². The van der Waals surface area contributed by atoms with Gasteiger partial charge in [-0.25, -0.2) is 0 Å². The lowest BCUT2D eigenvalue weighted by Crippen LogP contribution is -2.55. The predicted octanol–water partition coefficient (Wildman–Crippen LogP) is 22.8. The summed E-state index contributed by atoms with van der Waals surface area (Å²) in [5, 5.41) is 0. The second-order valence-corrected chi connectivity index (χ2v) is 51.1. The molecule has 0 spiro atoms. The highest BCUT2D eigenvalue weighted by Crippen LogP contribution is 2.38. The van der Waals surface area contributed by atoms with Crippen LogP contribution in [0.15, 0.2) is 0 Å². The molecule has 115 heavy (non-hydrogen) atoms. The third-order valence-corrected chi connectivity index (χ3v) is 28.0. The van der Waals surface area contributed by atoms with E-state index in [9.17, 15) is 0 Å². The molecular weight excluding hydrogens is 1410 g/mol. The number of ether oxygens (including phenoxy) is 2. The van der Waals surface area contributed by atoms with Crippen molar-refractivity contribution in [2.45, 2.75) is 428 Å². The van der Waals surface area contributed by atoms with Crippen molar-refractivity contribution in [1.29, 1.82) is 0 Å². The minimum atomic E-state index is 0.0147. The summed E-state index contributed by atoms with van der Waals surface area (Å²) in [5.41, 5.74) is 4.12. The van der Waals surface area contributed by atoms with E-state index in [2.05, 4.69) is 303 Å². The number of piperazine rings is 3. The summed E-state index contributed by atoms with van der Waals surface area (Å²) < 4.78 is 12.0. The standard InChI is InChI=1S/C19H38N2O.2C18H37N3.2C16H33N.C15H31NO/c1-18(2,3)21-13-11-20(12-14-21)15-16-7-9-17(10-8-16)22-19(4,5)6;1-17(2,3)16-7-9-19(10-8-16)15-20-11-13-21(14-12-20)18(4,5)6;1-17(2,3)20-9-7-16(8-10-20)15-19-11-13-21(14-12-19)18(4,5)6;1-15(2,3)10-7-11-17-12-8-14(9-13-17)16(4,5)6;1-15(2,3)11-7-8-14-9-12-17(13-10-14)16(4,5)6;1-14(2,3)16-10-7-13(8-11-16)9-12-17-15(4,5)6/h16-17H,7-15H2,1-6H3;2*16H,7-15H2,1-6H3;2*14H,7-13H2,1-6H3;13H,7-12H2,1-6H3. The summed E-state index contributed by atoms with van der Waals surface area (Å²) in [6.07, 6.45) is 27.8. The molecule has 1 aliphatic carbocycles. The van der Waals surface area contributed by atoms with Crippen LogP contribution < -0.4 is 0 Å². The first kappa shape index (κ1) is 107. The smallest absolute Gasteiger partial charge is 0.0602 e. The van der Waals surface area contributed by atoms with E-state index in [0.29, 0.717) is 61.0 Å². The minimum Gasteiger partial charge on any atom is -0.376 e. The molecule has 8 aliphatic heterocycles. The zero-order valence-corrected chi connectivity index (χ0v) is 85.0. The van der Waals surface area contributed by atoms with E-state index in [1.54, 1.807) is 0 Å². The van der Waals surface area contributed by atoms with Crippen molar-refractivity contribution in [2.24, 2.45) is 57.2 Å². The van der Waals surface area contributed by atoms with Crippen LogP contribution in [0.2, 0.25) is 0 Å². The number of nitrogens with zero attached hydrogens (tertiary/aromatic N) is 11. The van der Waals surface area contributed by atoms with Gasteiger partial charge in [-0.1, -0.05) is 95.9 Å². The van der Waals surface area contributed by atoms with Crippen LogP contribution in [0.5, 0.6) is 0 Å². The SMILES string of the molecule is CC(C)(C)C1CCN(CN2CCN(C(C)(C)C)CC2)CC1.CC(C)(C)CCCC1CCN(C(C)(C)C)CC1.CC(C)(C)CCCN1CCC(C(C)(C)C)CC1.CC(C)(C)N1CCC(CN2CCN(C(C)(C)C)CC2)CC1.CC(C)(C)OC1CCC(CN2CCN(C(C)(C)C)CC2)CC1.CC(C)(C)OCCC1CCN(C(C)(C)C)CC1. The Hall–Kier alpha value is -0.520. The van der Waals surface area contributed by atoms with E-state index in [1.807, 2.05) is 0 Å². The molecule has 0 unspecified atom stereocenters. The van der Waals surface area contributed by atoms with Gasteiger partial charge < -0.3 is 24.2 Å². The molecule has 0 amide bonds. The van der Waals surface area contributed by atoms with Crippen LogP contribution in [0.25, 0.3) is 0 Å². The van der Waals surface area contributed by atoms with Gasteiger partial charge in [0.2, 0.25) is 0 Å². The molecule has 0 aromatic heterocycles. The first-order valence-corrected chi connectivity index (χ1v) is 48.9. The van der Waals surface area contributed by atoms with Crippen LogP contribution in [0.4, 0.5) is 0 Å². The Balaban J connectivity index is 0.000000292. The fraction of sp³-hybridized carbons (Fsp3) is 1.00. The Morgan fingerprint density at radius 3 is 0.826 bits per heavy atom. The second kappa shape index (κ2) is 47.2. The van der Waals surface area contributed by atoms with Crippen LogP contribution in [0, 0.1) is 57.2 Å². The third-order valence-electron chi connectivity index (χ3n) is 28.0. The van der Waals surface area contributed by atoms with E-state index in [-0.39, 0.29) is 11.2 Å². The Morgan fingerprint density at radius 1 is 0.243 bits per heavy atom. The average molecular weight is 1620 g/mol. The number of hydrogen-bond donors (Lipinski definition) is 0. The van der Waals surface area contributed by atoms with E-state index in [4.69, 9.17) is 9.47 Å². The lowest BCUT2D eigenvalue weighted by molar-refractivity contribution is -0.0800. The number of rotatable bonds is 16. The zero-order valence-electron chi connectivity index (χ0n) is 85.0. The van der Waals surface area contributed by atoms with E-state index in [0.717, 1.165) is 42.1 Å². The summed E-state index contributed by atoms with van der Waals surface area (Å²) in [6.45, 7) is 117. The summed E-state index contributed by atoms with van der Waals surface area (Å²) in [6, 6.07) is 0. The molecule has 0 atom stereocenters. The largest absolute Gasteiger partial charge is 0.376 e. The van der Waals surface area contributed by atoms with Crippen molar-refractivity contribution >= 4 is 0 Å². The summed E-state index contributed by atoms with van der Waals surface area (Å²) in [7, 11) is 0. The van der Waals surface area contributed by atoms with Gasteiger partial charge >= 0.3 is 0 Å². The number of hydrogen-bond acceptors (Lipinski definition) is 13. The molecule has 9 rings (SSSR count). The second-order valence-electron chi connectivity index (χ2n) is 51.1. The Morgan fingerprint density at radius 2 is 0.522 bits per heavy atom. The highest BCUT2D eigenvalue weighted by atomic mass is 16.5. The first-order valence-electron chi connectivity index (χ1n) is 48.9. The lowest BCUT2D eigenvalue weighted by atomic mass is 9.75. The molecule has 684 valence electrons. The molecule has 0 aromatic carbocycles. The Labute approximate surface area is 721 Å². The van der Waals surface area contributed by atoms with Gasteiger partial charge in [0.1, 0.15) is 0 Å². The van der Waals surface area contributed by atoms with Crippen LogP contribution in [-0.4, -0.2) is 281 Å². The van der Waals surface area contributed by atoms with Gasteiger partial charge in [-0.3, -0.25) is 39.2 Å². The van der Waals surface area contributed by atoms with Gasteiger partial charge in [-0.05, 0) is 411 Å². The molecule has 0 bridgehead atoms. The van der Waals surface area contributed by atoms with E-state index in [1.165, 1.54) is 299 Å². The van der Waals surface area contributed by atoms with E-state index >= 15 is 0 Å². The van der Waals surface area contributed by atoms with E-state index < -0.39 is 0 Å². The highest BCUT2D eigenvalue weighted by Gasteiger charge is 2.37. The van der Waals surface area contributed by atoms with Crippen LogP contribution in [0.3, 0.4) is 0 Å². The average Bonchev–Trinajstić information content (AvgIpc) is 0.841. The molecule has 8 heterocycles. The van der Waals surface area contributed by atoms with Gasteiger partial charge in [0, 0.05) is 131 Å². The molecule has 9 aliphatic rings. The maximum Gasteiger partial charge on any atom is 0.0602 e. The monoisotopic (exact) mass is 1620 g/mol. The van der Waals surface area contributed by atoms with Gasteiger partial charge in [-0.2, -0.15) is 0 Å². The Kier molecular flexibility index (Phi) is 43.8. The first-order chi connectivity index (χ1) is 52.5. The fourth-order valence-corrected chi connectivity index (χ4v) is 19.5. The summed E-state index contributed by atoms with van der Waals surface area (Å²) >= 11 is 0. The quantitative estimate of drug-likeness (QED) is 0.148. The topological polar surface area (TPSA) is 54.1 Å². The minimum absolute atomic E-state index is 0.0147. The summed E-state index contributed by atoms with van der Waals surface area (Å²) in [5.74, 6) is 5.52. The van der Waals surface area contributed by atoms with Crippen molar-refractivity contribution in [3.63, 3.8) is 0 Å². The molecule has 0 N–H and O–H groups in total. The number of likely N-dealkylation sites (tertiary alicyclic amines) is 5. The van der Waals surface area contributed by atoms with Crippen LogP contribution >= 0.6 is 0 Å². The number of piperidine rings is 5. The van der Waals surface area contributed by atoms with Crippen molar-refractivity contribution in [2.75, 3.05) is 177 Å². The maximum absolute atomic E-state index is 6.15. The molecule has 9 fully saturated rings. The molecule has 8 saturated heterocycles. The van der Waals surface area contributed by atoms with Gasteiger partial charge in [0.15, 0.2) is 0 Å². The maximum atomic E-state index is 6.15. The fourth-order valence-electron chi connectivity index (χ4n) is 19.5. The van der Waals surface area contributed by atoms with Crippen LogP contribution in [-0.2, 0) is 9.47 Å². The highest BCUT2D eigenvalue weighted by molar-refractivity contribution is 4.91. The molecule has 13 heteroatoms. The molecule has 0 aromatic rings. The van der Waals surface area contributed by atoms with Gasteiger partial charge in [-0.15, -0.1) is 0 Å². The third kappa shape index (κ3) is 45.8. The molecular formula is C102H209N11O2.